The molecule has 2 aromatic heterocycles. The molecular formula is C46H56FN9O10. The fourth-order valence-electron chi connectivity index (χ4n) is 9.01. The first-order chi connectivity index (χ1) is 31.7. The second kappa shape index (κ2) is 20.6. The Hall–Kier alpha value is -6.16. The van der Waals surface area contributed by atoms with Crippen LogP contribution in [0, 0.1) is 12.7 Å². The van der Waals surface area contributed by atoms with Gasteiger partial charge in [-0.05, 0) is 54.5 Å². The van der Waals surface area contributed by atoms with Crippen molar-refractivity contribution < 1.29 is 48.4 Å². The first-order valence-corrected chi connectivity index (χ1v) is 22.1. The second-order valence-corrected chi connectivity index (χ2v) is 16.8. The lowest BCUT2D eigenvalue weighted by atomic mass is 9.81. The van der Waals surface area contributed by atoms with Gasteiger partial charge in [-0.2, -0.15) is 0 Å². The number of nitrogens with zero attached hydrogens (tertiary/aromatic N) is 3. The van der Waals surface area contributed by atoms with Gasteiger partial charge in [-0.1, -0.05) is 37.3 Å². The van der Waals surface area contributed by atoms with Crippen LogP contribution in [-0.2, 0) is 60.3 Å². The van der Waals surface area contributed by atoms with Gasteiger partial charge in [-0.3, -0.25) is 34.2 Å². The van der Waals surface area contributed by atoms with E-state index in [9.17, 15) is 44.1 Å². The number of hydrogen-bond donors (Lipinski definition) is 9. The van der Waals surface area contributed by atoms with Crippen molar-refractivity contribution in [3.05, 3.63) is 97.6 Å². The molecule has 0 spiro atoms. The van der Waals surface area contributed by atoms with E-state index in [1.165, 1.54) is 10.6 Å². The van der Waals surface area contributed by atoms with E-state index in [1.807, 2.05) is 6.07 Å². The predicted molar refractivity (Wildman–Crippen MR) is 238 cm³/mol. The summed E-state index contributed by atoms with van der Waals surface area (Å²) in [6.07, 6.45) is -0.0569. The minimum absolute atomic E-state index is 0.0253. The van der Waals surface area contributed by atoms with E-state index in [4.69, 9.17) is 15.5 Å². The quantitative estimate of drug-likeness (QED) is 0.0340. The van der Waals surface area contributed by atoms with Crippen LogP contribution in [0.5, 0.6) is 0 Å². The van der Waals surface area contributed by atoms with Gasteiger partial charge in [0.05, 0.1) is 54.8 Å². The average Bonchev–Trinajstić information content (AvgIpc) is 3.68. The zero-order valence-corrected chi connectivity index (χ0v) is 36.9. The summed E-state index contributed by atoms with van der Waals surface area (Å²) in [6.45, 7) is 2.96. The standard InChI is InChI=1S/C46H56FN9O10/c1-3-46(65)30-18-35-42-28(23-56(35)44(63)29(30)24-66-45(46)64)41-32(10-9-27-25(2)31(47)19-33(54-42)40(27)41)52-36(58)11-13-55(15-16-57)14-12-49-38(60)21-51-43(62)34(17-26-7-5-4-6-8-26)53-39(61)22-50-37(59)20-48/h4-8,18-19,32,34,37,50,57,59,65H,3,9-17,20-24,48H2,1-2H3,(H,49,60)(H,51,62)(H,52,58)(H,53,61)/t32-,34-,37?,46-/m0/s1. The number of aromatic nitrogens is 2. The monoisotopic (exact) mass is 913 g/mol. The van der Waals surface area contributed by atoms with Gasteiger partial charge in [-0.15, -0.1) is 0 Å². The minimum Gasteiger partial charge on any atom is -0.458 e. The van der Waals surface area contributed by atoms with E-state index in [-0.39, 0.29) is 102 Å². The highest BCUT2D eigenvalue weighted by Gasteiger charge is 2.46. The van der Waals surface area contributed by atoms with Gasteiger partial charge in [0.15, 0.2) is 5.60 Å². The molecular weight excluding hydrogens is 858 g/mol. The number of rotatable bonds is 20. The highest BCUT2D eigenvalue weighted by molar-refractivity contribution is 5.94. The van der Waals surface area contributed by atoms with Crippen LogP contribution in [0.1, 0.15) is 71.2 Å². The zero-order valence-electron chi connectivity index (χ0n) is 36.9. The van der Waals surface area contributed by atoms with Crippen molar-refractivity contribution in [2.75, 3.05) is 52.4 Å². The first-order valence-electron chi connectivity index (χ1n) is 22.1. The Bertz CT molecular complexity index is 2590. The number of aryl methyl sites for hydroxylation is 1. The number of aliphatic hydroxyl groups is 3. The molecule has 19 nitrogen and oxygen atoms in total. The number of pyridine rings is 2. The fraction of sp³-hybridized carbons (Fsp3) is 0.457. The van der Waals surface area contributed by atoms with Crippen LogP contribution in [0.25, 0.3) is 22.3 Å². The Morgan fingerprint density at radius 1 is 1.03 bits per heavy atom. The van der Waals surface area contributed by atoms with E-state index in [2.05, 4.69) is 26.6 Å². The van der Waals surface area contributed by atoms with Crippen molar-refractivity contribution >= 4 is 40.5 Å². The van der Waals surface area contributed by atoms with Gasteiger partial charge in [0, 0.05) is 68.1 Å². The molecule has 66 heavy (non-hydrogen) atoms. The molecule has 352 valence electrons. The van der Waals surface area contributed by atoms with Crippen LogP contribution in [0.3, 0.4) is 0 Å². The molecule has 1 unspecified atom stereocenters. The molecule has 4 amide bonds. The van der Waals surface area contributed by atoms with Crippen LogP contribution < -0.4 is 37.9 Å². The Balaban J connectivity index is 0.985. The van der Waals surface area contributed by atoms with Gasteiger partial charge in [-0.25, -0.2) is 14.2 Å². The topological polar surface area (TPSA) is 280 Å². The van der Waals surface area contributed by atoms with E-state index in [1.54, 1.807) is 49.1 Å². The number of hydrogen-bond acceptors (Lipinski definition) is 14. The number of nitrogens with two attached hydrogens (primary N) is 1. The second-order valence-electron chi connectivity index (χ2n) is 16.8. The van der Waals surface area contributed by atoms with Crippen LogP contribution in [0.4, 0.5) is 4.39 Å². The number of carbonyl (C=O) groups is 5. The average molecular weight is 914 g/mol. The zero-order chi connectivity index (χ0) is 47.3. The number of carbonyl (C=O) groups excluding carboxylic acids is 5. The van der Waals surface area contributed by atoms with Crippen LogP contribution in [-0.4, -0.2) is 124 Å². The number of esters is 1. The molecule has 7 rings (SSSR count). The Morgan fingerprint density at radius 3 is 2.53 bits per heavy atom. The molecule has 3 aliphatic rings. The Kier molecular flexibility index (Phi) is 14.9. The minimum atomic E-state index is -2.03. The van der Waals surface area contributed by atoms with Gasteiger partial charge < -0.3 is 51.6 Å². The summed E-state index contributed by atoms with van der Waals surface area (Å²) in [5.41, 5.74) is 7.76. The number of benzene rings is 2. The Morgan fingerprint density at radius 2 is 1.80 bits per heavy atom. The molecule has 2 aromatic carbocycles. The number of halogens is 1. The van der Waals surface area contributed by atoms with Crippen LogP contribution >= 0.6 is 0 Å². The maximum atomic E-state index is 15.4. The molecule has 4 atom stereocenters. The smallest absolute Gasteiger partial charge is 0.343 e. The number of ether oxygens (including phenoxy) is 1. The molecule has 2 aliphatic heterocycles. The molecule has 0 radical (unpaired) electrons. The summed E-state index contributed by atoms with van der Waals surface area (Å²) >= 11 is 0. The molecule has 0 fully saturated rings. The van der Waals surface area contributed by atoms with Crippen molar-refractivity contribution in [1.82, 2.24) is 41.0 Å². The van der Waals surface area contributed by atoms with Gasteiger partial charge in [0.1, 0.15) is 24.7 Å². The van der Waals surface area contributed by atoms with Crippen molar-refractivity contribution in [2.24, 2.45) is 5.73 Å². The number of fused-ring (bicyclic) bond motifs is 5. The number of amides is 4. The highest BCUT2D eigenvalue weighted by atomic mass is 19.1. The fourth-order valence-corrected chi connectivity index (χ4v) is 9.01. The normalized spacial score (nSPS) is 17.9. The molecule has 10 N–H and O–H groups in total. The molecule has 0 saturated heterocycles. The predicted octanol–water partition coefficient (Wildman–Crippen LogP) is -0.858. The maximum absolute atomic E-state index is 15.4. The lowest BCUT2D eigenvalue weighted by molar-refractivity contribution is -0.172. The third kappa shape index (κ3) is 9.98. The summed E-state index contributed by atoms with van der Waals surface area (Å²) < 4.78 is 22.1. The maximum Gasteiger partial charge on any atom is 0.343 e. The number of nitrogens with one attached hydrogen (secondary N) is 5. The van der Waals surface area contributed by atoms with E-state index in [0.717, 1.165) is 16.7 Å². The molecule has 20 heteroatoms. The van der Waals surface area contributed by atoms with Crippen molar-refractivity contribution in [3.8, 4) is 11.4 Å². The molecule has 0 saturated carbocycles. The first kappa shape index (κ1) is 47.8. The Labute approximate surface area is 379 Å². The summed E-state index contributed by atoms with van der Waals surface area (Å²) in [6, 6.07) is 10.4. The lowest BCUT2D eigenvalue weighted by Gasteiger charge is -2.31. The number of cyclic esters (lactones) is 1. The van der Waals surface area contributed by atoms with Crippen molar-refractivity contribution in [1.29, 1.82) is 0 Å². The summed E-state index contributed by atoms with van der Waals surface area (Å²) in [7, 11) is 0. The molecule has 4 heterocycles. The summed E-state index contributed by atoms with van der Waals surface area (Å²) in [4.78, 5) is 85.7. The van der Waals surface area contributed by atoms with Gasteiger partial charge in [0.25, 0.3) is 5.56 Å². The SMILES string of the molecule is CC[C@@]1(O)C(=O)OCc2c1cc1n(c2=O)Cc2c-1nc1cc(F)c(C)c3c1c2[C@@H](NC(=O)CCN(CCO)CCNC(=O)CNC(=O)[C@H](Cc1ccccc1)NC(=O)CNC(O)CN)CC3. The van der Waals surface area contributed by atoms with Crippen molar-refractivity contribution in [2.45, 2.75) is 83.0 Å². The summed E-state index contributed by atoms with van der Waals surface area (Å²) in [5.74, 6) is -3.23. The summed E-state index contributed by atoms with van der Waals surface area (Å²) in [5, 5.41) is 45.1. The third-order valence-corrected chi connectivity index (χ3v) is 12.6. The van der Waals surface area contributed by atoms with E-state index < -0.39 is 59.0 Å². The lowest BCUT2D eigenvalue weighted by Crippen LogP contribution is -2.52. The molecule has 1 aliphatic carbocycles. The van der Waals surface area contributed by atoms with Crippen molar-refractivity contribution in [3.63, 3.8) is 0 Å². The van der Waals surface area contributed by atoms with Gasteiger partial charge >= 0.3 is 5.97 Å². The van der Waals surface area contributed by atoms with E-state index in [0.29, 0.717) is 46.3 Å². The molecule has 4 aromatic rings. The third-order valence-electron chi connectivity index (χ3n) is 12.6. The van der Waals surface area contributed by atoms with Gasteiger partial charge in [0.2, 0.25) is 23.6 Å². The highest BCUT2D eigenvalue weighted by Crippen LogP contribution is 2.46. The van der Waals surface area contributed by atoms with E-state index >= 15 is 4.39 Å². The van der Waals surface area contributed by atoms with Crippen LogP contribution in [0.15, 0.2) is 47.3 Å². The largest absolute Gasteiger partial charge is 0.458 e. The van der Waals surface area contributed by atoms with Crippen LogP contribution in [0.2, 0.25) is 0 Å². The number of aliphatic hydroxyl groups excluding tert-OH is 2. The molecule has 0 bridgehead atoms.